The summed E-state index contributed by atoms with van der Waals surface area (Å²) in [4.78, 5) is 0. The van der Waals surface area contributed by atoms with Crippen LogP contribution >= 0.6 is 11.6 Å². The van der Waals surface area contributed by atoms with Crippen LogP contribution in [0.25, 0.3) is 0 Å². The fraction of sp³-hybridized carbons (Fsp3) is 0.455. The second kappa shape index (κ2) is 2.91. The van der Waals surface area contributed by atoms with Gasteiger partial charge in [-0.15, -0.1) is 0 Å². The molecule has 0 bridgehead atoms. The van der Waals surface area contributed by atoms with Gasteiger partial charge in [0.25, 0.3) is 0 Å². The zero-order chi connectivity index (χ0) is 9.47. The van der Waals surface area contributed by atoms with E-state index < -0.39 is 0 Å². The van der Waals surface area contributed by atoms with Crippen LogP contribution in [0.4, 0.5) is 0 Å². The van der Waals surface area contributed by atoms with Gasteiger partial charge in [-0.2, -0.15) is 0 Å². The number of aryl methyl sites for hydroxylation is 1. The van der Waals surface area contributed by atoms with Crippen molar-refractivity contribution in [3.8, 4) is 5.75 Å². The van der Waals surface area contributed by atoms with Crippen molar-refractivity contribution >= 4 is 11.6 Å². The Balaban J connectivity index is 2.38. The molecule has 0 unspecified atom stereocenters. The maximum atomic E-state index is 5.89. The van der Waals surface area contributed by atoms with E-state index in [4.69, 9.17) is 16.3 Å². The van der Waals surface area contributed by atoms with Crippen molar-refractivity contribution < 1.29 is 4.74 Å². The summed E-state index contributed by atoms with van der Waals surface area (Å²) in [6, 6.07) is 5.87. The fourth-order valence-electron chi connectivity index (χ4n) is 1.61. The third-order valence-electron chi connectivity index (χ3n) is 2.41. The minimum Gasteiger partial charge on any atom is -0.488 e. The molecule has 0 fully saturated rings. The molecule has 13 heavy (non-hydrogen) atoms. The van der Waals surface area contributed by atoms with E-state index in [1.165, 1.54) is 5.56 Å². The summed E-state index contributed by atoms with van der Waals surface area (Å²) >= 11 is 5.89. The monoisotopic (exact) mass is 196 g/mol. The van der Waals surface area contributed by atoms with E-state index in [-0.39, 0.29) is 5.60 Å². The molecule has 0 N–H and O–H groups in total. The lowest BCUT2D eigenvalue weighted by Gasteiger charge is -2.32. The Morgan fingerprint density at radius 1 is 1.38 bits per heavy atom. The Morgan fingerprint density at radius 3 is 2.92 bits per heavy atom. The summed E-state index contributed by atoms with van der Waals surface area (Å²) in [5.41, 5.74) is 1.22. The first-order valence-electron chi connectivity index (χ1n) is 4.54. The molecule has 0 aliphatic carbocycles. The van der Waals surface area contributed by atoms with Crippen LogP contribution in [0.3, 0.4) is 0 Å². The van der Waals surface area contributed by atoms with Gasteiger partial charge in [-0.05, 0) is 44.4 Å². The van der Waals surface area contributed by atoms with Gasteiger partial charge < -0.3 is 4.74 Å². The van der Waals surface area contributed by atoms with Crippen LogP contribution in [-0.4, -0.2) is 5.60 Å². The van der Waals surface area contributed by atoms with Gasteiger partial charge in [0.1, 0.15) is 11.4 Å². The molecule has 0 spiro atoms. The molecule has 0 saturated heterocycles. The Morgan fingerprint density at radius 2 is 2.15 bits per heavy atom. The Labute approximate surface area is 83.7 Å². The molecular weight excluding hydrogens is 184 g/mol. The lowest BCUT2D eigenvalue weighted by molar-refractivity contribution is 0.0847. The van der Waals surface area contributed by atoms with E-state index in [2.05, 4.69) is 13.8 Å². The van der Waals surface area contributed by atoms with Crippen molar-refractivity contribution in [3.63, 3.8) is 0 Å². The largest absolute Gasteiger partial charge is 0.488 e. The average Bonchev–Trinajstić information content (AvgIpc) is 2.01. The summed E-state index contributed by atoms with van der Waals surface area (Å²) in [5, 5.41) is 0.747. The third-order valence-corrected chi connectivity index (χ3v) is 2.65. The second-order valence-electron chi connectivity index (χ2n) is 4.11. The van der Waals surface area contributed by atoms with Crippen molar-refractivity contribution in [2.45, 2.75) is 32.3 Å². The number of halogens is 1. The van der Waals surface area contributed by atoms with Crippen molar-refractivity contribution in [2.24, 2.45) is 0 Å². The Kier molecular flexibility index (Phi) is 1.99. The molecule has 2 heteroatoms. The SMILES string of the molecule is CC1(C)CCc2ccc(Cl)cc2O1. The van der Waals surface area contributed by atoms with E-state index in [1.807, 2.05) is 18.2 Å². The Bertz CT molecular complexity index is 331. The van der Waals surface area contributed by atoms with Crippen LogP contribution < -0.4 is 4.74 Å². The first kappa shape index (κ1) is 8.89. The average molecular weight is 197 g/mol. The lowest BCUT2D eigenvalue weighted by atomic mass is 9.94. The van der Waals surface area contributed by atoms with Gasteiger partial charge in [0, 0.05) is 5.02 Å². The van der Waals surface area contributed by atoms with Crippen molar-refractivity contribution in [1.29, 1.82) is 0 Å². The van der Waals surface area contributed by atoms with E-state index in [0.29, 0.717) is 0 Å². The third kappa shape index (κ3) is 1.80. The van der Waals surface area contributed by atoms with Crippen LogP contribution in [-0.2, 0) is 6.42 Å². The molecule has 1 aromatic rings. The van der Waals surface area contributed by atoms with Gasteiger partial charge in [-0.25, -0.2) is 0 Å². The number of hydrogen-bond donors (Lipinski definition) is 0. The summed E-state index contributed by atoms with van der Waals surface area (Å²) in [6.45, 7) is 4.22. The molecule has 0 saturated carbocycles. The van der Waals surface area contributed by atoms with Gasteiger partial charge in [-0.3, -0.25) is 0 Å². The summed E-state index contributed by atoms with van der Waals surface area (Å²) in [7, 11) is 0. The molecule has 1 aliphatic heterocycles. The zero-order valence-corrected chi connectivity index (χ0v) is 8.69. The van der Waals surface area contributed by atoms with Gasteiger partial charge >= 0.3 is 0 Å². The summed E-state index contributed by atoms with van der Waals surface area (Å²) in [6.07, 6.45) is 2.15. The number of ether oxygens (including phenoxy) is 1. The van der Waals surface area contributed by atoms with Crippen LogP contribution in [0, 0.1) is 0 Å². The molecule has 1 nitrogen and oxygen atoms in total. The van der Waals surface area contributed by atoms with Crippen LogP contribution in [0.2, 0.25) is 5.02 Å². The van der Waals surface area contributed by atoms with Gasteiger partial charge in [0.05, 0.1) is 0 Å². The van der Waals surface area contributed by atoms with E-state index in [9.17, 15) is 0 Å². The van der Waals surface area contributed by atoms with E-state index in [1.54, 1.807) is 0 Å². The number of fused-ring (bicyclic) bond motifs is 1. The second-order valence-corrected chi connectivity index (χ2v) is 4.55. The van der Waals surface area contributed by atoms with Crippen LogP contribution in [0.5, 0.6) is 5.75 Å². The molecule has 1 aliphatic rings. The number of benzene rings is 1. The van der Waals surface area contributed by atoms with Gasteiger partial charge in [0.2, 0.25) is 0 Å². The summed E-state index contributed by atoms with van der Waals surface area (Å²) < 4.78 is 5.82. The fourth-order valence-corrected chi connectivity index (χ4v) is 1.78. The molecule has 1 heterocycles. The van der Waals surface area contributed by atoms with Crippen molar-refractivity contribution in [2.75, 3.05) is 0 Å². The molecule has 70 valence electrons. The van der Waals surface area contributed by atoms with E-state index in [0.717, 1.165) is 23.6 Å². The first-order chi connectivity index (χ1) is 6.07. The molecular formula is C11H13ClO. The summed E-state index contributed by atoms with van der Waals surface area (Å²) in [5.74, 6) is 0.948. The Hall–Kier alpha value is -0.690. The minimum atomic E-state index is -0.0440. The van der Waals surface area contributed by atoms with Gasteiger partial charge in [-0.1, -0.05) is 17.7 Å². The molecule has 0 radical (unpaired) electrons. The van der Waals surface area contributed by atoms with E-state index >= 15 is 0 Å². The van der Waals surface area contributed by atoms with Crippen LogP contribution in [0.15, 0.2) is 18.2 Å². The minimum absolute atomic E-state index is 0.0440. The molecule has 1 aromatic carbocycles. The highest BCUT2D eigenvalue weighted by Crippen LogP contribution is 2.34. The normalized spacial score (nSPS) is 19.0. The highest BCUT2D eigenvalue weighted by atomic mass is 35.5. The van der Waals surface area contributed by atoms with Crippen LogP contribution in [0.1, 0.15) is 25.8 Å². The first-order valence-corrected chi connectivity index (χ1v) is 4.92. The highest BCUT2D eigenvalue weighted by molar-refractivity contribution is 6.30. The smallest absolute Gasteiger partial charge is 0.124 e. The quantitative estimate of drug-likeness (QED) is 0.618. The standard InChI is InChI=1S/C11H13ClO/c1-11(2)6-5-8-3-4-9(12)7-10(8)13-11/h3-4,7H,5-6H2,1-2H3. The van der Waals surface area contributed by atoms with Crippen molar-refractivity contribution in [1.82, 2.24) is 0 Å². The molecule has 0 amide bonds. The molecule has 2 rings (SSSR count). The van der Waals surface area contributed by atoms with Crippen molar-refractivity contribution in [3.05, 3.63) is 28.8 Å². The van der Waals surface area contributed by atoms with Gasteiger partial charge in [0.15, 0.2) is 0 Å². The zero-order valence-electron chi connectivity index (χ0n) is 7.93. The predicted molar refractivity (Wildman–Crippen MR) is 54.5 cm³/mol. The number of hydrogen-bond acceptors (Lipinski definition) is 1. The molecule has 0 aromatic heterocycles. The maximum absolute atomic E-state index is 5.89. The number of rotatable bonds is 0. The topological polar surface area (TPSA) is 9.23 Å². The predicted octanol–water partition coefficient (Wildman–Crippen LogP) is 3.44. The maximum Gasteiger partial charge on any atom is 0.124 e. The lowest BCUT2D eigenvalue weighted by Crippen LogP contribution is -2.32. The molecule has 0 atom stereocenters. The highest BCUT2D eigenvalue weighted by Gasteiger charge is 2.26.